The Balaban J connectivity index is 2.16. The summed E-state index contributed by atoms with van der Waals surface area (Å²) in [6.45, 7) is 3.37. The van der Waals surface area contributed by atoms with Crippen LogP contribution in [0.15, 0.2) is 0 Å². The zero-order chi connectivity index (χ0) is 9.68. The van der Waals surface area contributed by atoms with Crippen LogP contribution in [0, 0.1) is 0 Å². The van der Waals surface area contributed by atoms with Gasteiger partial charge in [0.05, 0.1) is 11.9 Å². The van der Waals surface area contributed by atoms with E-state index in [0.29, 0.717) is 12.3 Å². The summed E-state index contributed by atoms with van der Waals surface area (Å²) in [5.41, 5.74) is 0. The highest BCUT2D eigenvalue weighted by molar-refractivity contribution is 7.99. The van der Waals surface area contributed by atoms with E-state index in [4.69, 9.17) is 0 Å². The summed E-state index contributed by atoms with van der Waals surface area (Å²) in [4.78, 5) is 13.2. The lowest BCUT2D eigenvalue weighted by Crippen LogP contribution is -2.31. The molecule has 4 heteroatoms. The molecule has 1 amide bonds. The van der Waals surface area contributed by atoms with E-state index in [-0.39, 0.29) is 12.0 Å². The fraction of sp³-hybridized carbons (Fsp3) is 0.889. The maximum Gasteiger partial charge on any atom is 0.232 e. The van der Waals surface area contributed by atoms with Crippen molar-refractivity contribution in [3.8, 4) is 0 Å². The summed E-state index contributed by atoms with van der Waals surface area (Å²) in [5.74, 6) is 1.79. The smallest absolute Gasteiger partial charge is 0.232 e. The number of aliphatic hydroxyl groups is 1. The fourth-order valence-corrected chi connectivity index (χ4v) is 2.15. The lowest BCUT2D eigenvalue weighted by Gasteiger charge is -2.14. The third-order valence-corrected chi connectivity index (χ3v) is 3.24. The number of β-amino-alcohol motifs (C(OH)–C–C–N with tert-alkyl or cyclic N) is 1. The average molecular weight is 203 g/mol. The van der Waals surface area contributed by atoms with Gasteiger partial charge in [-0.05, 0) is 18.6 Å². The van der Waals surface area contributed by atoms with Crippen LogP contribution in [0.1, 0.15) is 19.8 Å². The third-order valence-electron chi connectivity index (χ3n) is 2.09. The second-order valence-corrected chi connectivity index (χ2v) is 4.44. The molecule has 1 heterocycles. The topological polar surface area (TPSA) is 40.5 Å². The summed E-state index contributed by atoms with van der Waals surface area (Å²) in [6.07, 6.45) is 1.56. The van der Waals surface area contributed by atoms with E-state index in [1.165, 1.54) is 0 Å². The predicted molar refractivity (Wildman–Crippen MR) is 54.8 cm³/mol. The molecule has 0 aliphatic carbocycles. The molecule has 0 aromatic heterocycles. The average Bonchev–Trinajstić information content (AvgIpc) is 2.52. The maximum atomic E-state index is 11.5. The van der Waals surface area contributed by atoms with Crippen molar-refractivity contribution < 1.29 is 9.90 Å². The molecule has 0 bridgehead atoms. The van der Waals surface area contributed by atoms with Crippen LogP contribution in [0.3, 0.4) is 0 Å². The molecule has 3 nitrogen and oxygen atoms in total. The van der Waals surface area contributed by atoms with Crippen molar-refractivity contribution in [3.63, 3.8) is 0 Å². The second kappa shape index (κ2) is 5.50. The molecule has 0 unspecified atom stereocenters. The predicted octanol–water partition coefficient (Wildman–Crippen LogP) is 0.723. The molecule has 0 radical (unpaired) electrons. The van der Waals surface area contributed by atoms with Gasteiger partial charge in [0.25, 0.3) is 0 Å². The number of carbonyl (C=O) groups is 1. The molecule has 1 aliphatic rings. The van der Waals surface area contributed by atoms with E-state index in [9.17, 15) is 9.90 Å². The Morgan fingerprint density at radius 2 is 2.46 bits per heavy atom. The monoisotopic (exact) mass is 203 g/mol. The first-order valence-electron chi connectivity index (χ1n) is 4.77. The van der Waals surface area contributed by atoms with Crippen LogP contribution in [-0.2, 0) is 4.79 Å². The molecule has 76 valence electrons. The Morgan fingerprint density at radius 3 is 3.00 bits per heavy atom. The zero-order valence-electron chi connectivity index (χ0n) is 8.03. The Morgan fingerprint density at radius 1 is 1.69 bits per heavy atom. The number of hydrogen-bond donors (Lipinski definition) is 1. The number of hydrogen-bond acceptors (Lipinski definition) is 3. The number of rotatable bonds is 4. The molecule has 1 N–H and O–H groups in total. The number of nitrogens with zero attached hydrogens (tertiary/aromatic N) is 1. The van der Waals surface area contributed by atoms with Crippen molar-refractivity contribution >= 4 is 17.7 Å². The minimum atomic E-state index is -0.292. The molecule has 0 saturated carbocycles. The van der Waals surface area contributed by atoms with Crippen LogP contribution >= 0.6 is 11.8 Å². The Bertz CT molecular complexity index is 175. The minimum absolute atomic E-state index is 0.176. The molecule has 1 rings (SSSR count). The highest BCUT2D eigenvalue weighted by atomic mass is 32.2. The quantitative estimate of drug-likeness (QED) is 0.685. The van der Waals surface area contributed by atoms with Crippen molar-refractivity contribution in [2.45, 2.75) is 25.9 Å². The molecule has 1 atom stereocenters. The molecule has 0 spiro atoms. The molecule has 13 heavy (non-hydrogen) atoms. The van der Waals surface area contributed by atoms with Gasteiger partial charge in [0.1, 0.15) is 0 Å². The highest BCUT2D eigenvalue weighted by Gasteiger charge is 2.23. The van der Waals surface area contributed by atoms with Crippen molar-refractivity contribution in [3.05, 3.63) is 0 Å². The number of carbonyl (C=O) groups excluding carboxylic acids is 1. The lowest BCUT2D eigenvalue weighted by atomic mass is 10.3. The van der Waals surface area contributed by atoms with Crippen LogP contribution in [0.2, 0.25) is 0 Å². The fourth-order valence-electron chi connectivity index (χ4n) is 1.36. The Hall–Kier alpha value is -0.220. The van der Waals surface area contributed by atoms with Gasteiger partial charge in [0.2, 0.25) is 5.91 Å². The molecule has 0 aromatic carbocycles. The van der Waals surface area contributed by atoms with Gasteiger partial charge in [0, 0.05) is 13.1 Å². The van der Waals surface area contributed by atoms with Crippen LogP contribution in [0.4, 0.5) is 0 Å². The lowest BCUT2D eigenvalue weighted by molar-refractivity contribution is -0.127. The van der Waals surface area contributed by atoms with Crippen molar-refractivity contribution in [2.24, 2.45) is 0 Å². The molecule has 1 fully saturated rings. The second-order valence-electron chi connectivity index (χ2n) is 3.33. The van der Waals surface area contributed by atoms with E-state index < -0.39 is 0 Å². The largest absolute Gasteiger partial charge is 0.391 e. The van der Waals surface area contributed by atoms with Gasteiger partial charge in [-0.3, -0.25) is 4.79 Å². The van der Waals surface area contributed by atoms with Crippen LogP contribution in [0.5, 0.6) is 0 Å². The van der Waals surface area contributed by atoms with Gasteiger partial charge < -0.3 is 10.0 Å². The van der Waals surface area contributed by atoms with Gasteiger partial charge in [-0.1, -0.05) is 6.92 Å². The van der Waals surface area contributed by atoms with Gasteiger partial charge in [-0.2, -0.15) is 11.8 Å². The molecule has 0 aromatic rings. The van der Waals surface area contributed by atoms with Gasteiger partial charge in [0.15, 0.2) is 0 Å². The van der Waals surface area contributed by atoms with Gasteiger partial charge in [-0.25, -0.2) is 0 Å². The Kier molecular flexibility index (Phi) is 4.59. The van der Waals surface area contributed by atoms with Crippen molar-refractivity contribution in [1.29, 1.82) is 0 Å². The van der Waals surface area contributed by atoms with Crippen LogP contribution < -0.4 is 0 Å². The summed E-state index contributed by atoms with van der Waals surface area (Å²) < 4.78 is 0. The van der Waals surface area contributed by atoms with E-state index in [2.05, 4.69) is 6.92 Å². The summed E-state index contributed by atoms with van der Waals surface area (Å²) >= 11 is 1.68. The van der Waals surface area contributed by atoms with Crippen LogP contribution in [-0.4, -0.2) is 46.6 Å². The zero-order valence-corrected chi connectivity index (χ0v) is 8.85. The summed E-state index contributed by atoms with van der Waals surface area (Å²) in [5, 5.41) is 9.22. The van der Waals surface area contributed by atoms with E-state index >= 15 is 0 Å². The molecule has 1 saturated heterocycles. The van der Waals surface area contributed by atoms with Gasteiger partial charge in [-0.15, -0.1) is 0 Å². The summed E-state index contributed by atoms with van der Waals surface area (Å²) in [7, 11) is 0. The SMILES string of the molecule is CCCSCC(=O)N1CC[C@H](O)C1. The first-order valence-corrected chi connectivity index (χ1v) is 5.93. The van der Waals surface area contributed by atoms with E-state index in [0.717, 1.165) is 25.1 Å². The highest BCUT2D eigenvalue weighted by Crippen LogP contribution is 2.11. The van der Waals surface area contributed by atoms with Crippen molar-refractivity contribution in [1.82, 2.24) is 4.90 Å². The minimum Gasteiger partial charge on any atom is -0.391 e. The normalized spacial score (nSPS) is 22.3. The number of aliphatic hydroxyl groups excluding tert-OH is 1. The molecule has 1 aliphatic heterocycles. The number of thioether (sulfide) groups is 1. The number of amides is 1. The Labute approximate surface area is 83.5 Å². The van der Waals surface area contributed by atoms with Crippen molar-refractivity contribution in [2.75, 3.05) is 24.6 Å². The molecular weight excluding hydrogens is 186 g/mol. The third kappa shape index (κ3) is 3.56. The van der Waals surface area contributed by atoms with E-state index in [1.807, 2.05) is 0 Å². The van der Waals surface area contributed by atoms with E-state index in [1.54, 1.807) is 16.7 Å². The maximum absolute atomic E-state index is 11.5. The first-order chi connectivity index (χ1) is 6.24. The molecular formula is C9H17NO2S. The number of likely N-dealkylation sites (tertiary alicyclic amines) is 1. The first kappa shape index (κ1) is 10.9. The standard InChI is InChI=1S/C9H17NO2S/c1-2-5-13-7-9(12)10-4-3-8(11)6-10/h8,11H,2-7H2,1H3/t8-/m0/s1. The van der Waals surface area contributed by atoms with Gasteiger partial charge >= 0.3 is 0 Å². The van der Waals surface area contributed by atoms with Crippen LogP contribution in [0.25, 0.3) is 0 Å². The summed E-state index contributed by atoms with van der Waals surface area (Å²) in [6, 6.07) is 0.